The largest absolute Gasteiger partial charge is 0.369 e. The molecule has 3 aliphatic rings. The summed E-state index contributed by atoms with van der Waals surface area (Å²) in [6.45, 7) is 0.986. The summed E-state index contributed by atoms with van der Waals surface area (Å²) >= 11 is 1.54. The van der Waals surface area contributed by atoms with E-state index in [1.807, 2.05) is 12.1 Å². The zero-order valence-corrected chi connectivity index (χ0v) is 22.6. The molecule has 11 heteroatoms. The van der Waals surface area contributed by atoms with Gasteiger partial charge < -0.3 is 14.7 Å². The van der Waals surface area contributed by atoms with E-state index in [1.54, 1.807) is 6.07 Å². The molecule has 0 spiro atoms. The summed E-state index contributed by atoms with van der Waals surface area (Å²) in [5, 5.41) is 17.4. The minimum absolute atomic E-state index is 0.0499. The fourth-order valence-corrected chi connectivity index (χ4v) is 7.81. The van der Waals surface area contributed by atoms with Crippen molar-refractivity contribution in [2.24, 2.45) is 5.92 Å². The molecule has 3 heterocycles. The molecule has 1 amide bonds. The van der Waals surface area contributed by atoms with Crippen LogP contribution in [-0.4, -0.2) is 54.6 Å². The molecule has 0 unspecified atom stereocenters. The second-order valence-corrected chi connectivity index (χ2v) is 13.8. The van der Waals surface area contributed by atoms with Gasteiger partial charge in [-0.05, 0) is 43.4 Å². The van der Waals surface area contributed by atoms with E-state index in [4.69, 9.17) is 9.51 Å². The van der Waals surface area contributed by atoms with Crippen LogP contribution in [0.5, 0.6) is 0 Å². The number of hydrogen-bond donors (Lipinski definition) is 1. The molecule has 9 nitrogen and oxygen atoms in total. The van der Waals surface area contributed by atoms with Gasteiger partial charge in [0.05, 0.1) is 28.1 Å². The van der Waals surface area contributed by atoms with Crippen LogP contribution in [-0.2, 0) is 14.6 Å². The highest BCUT2D eigenvalue weighted by Crippen LogP contribution is 2.46. The maximum Gasteiger partial charge on any atom is 0.225 e. The first-order chi connectivity index (χ1) is 18.4. The smallest absolute Gasteiger partial charge is 0.225 e. The Balaban J connectivity index is 1.32. The lowest BCUT2D eigenvalue weighted by atomic mass is 9.76. The Morgan fingerprint density at radius 1 is 1.13 bits per heavy atom. The molecule has 0 radical (unpaired) electrons. The van der Waals surface area contributed by atoms with Crippen LogP contribution in [0.3, 0.4) is 0 Å². The van der Waals surface area contributed by atoms with Crippen LogP contribution in [0.4, 0.5) is 5.69 Å². The van der Waals surface area contributed by atoms with Crippen molar-refractivity contribution in [3.05, 3.63) is 42.3 Å². The van der Waals surface area contributed by atoms with E-state index in [2.05, 4.69) is 33.6 Å². The molecular formula is C27H29N5O4S2. The van der Waals surface area contributed by atoms with E-state index in [-0.39, 0.29) is 29.2 Å². The van der Waals surface area contributed by atoms with Crippen LogP contribution in [0.2, 0.25) is 0 Å². The fourth-order valence-electron chi connectivity index (χ4n) is 5.51. The number of benzene rings is 1. The van der Waals surface area contributed by atoms with E-state index in [0.717, 1.165) is 52.5 Å². The Morgan fingerprint density at radius 2 is 1.87 bits per heavy atom. The zero-order chi connectivity index (χ0) is 26.3. The van der Waals surface area contributed by atoms with Gasteiger partial charge in [0.2, 0.25) is 5.91 Å². The molecule has 2 atom stereocenters. The normalized spacial score (nSPS) is 23.9. The summed E-state index contributed by atoms with van der Waals surface area (Å²) in [5.41, 5.74) is 2.85. The molecule has 3 fully saturated rings. The first-order valence-corrected chi connectivity index (χ1v) is 15.7. The number of carbonyl (C=O) groups excluding carboxylic acids is 1. The number of rotatable bonds is 6. The zero-order valence-electron chi connectivity index (χ0n) is 20.9. The number of aromatic nitrogens is 2. The number of anilines is 1. The summed E-state index contributed by atoms with van der Waals surface area (Å²) in [6.07, 6.45) is 6.56. The lowest BCUT2D eigenvalue weighted by molar-refractivity contribution is -0.127. The number of nitriles is 1. The van der Waals surface area contributed by atoms with Crippen LogP contribution >= 0.6 is 11.3 Å². The highest BCUT2D eigenvalue weighted by atomic mass is 32.2. The Kier molecular flexibility index (Phi) is 6.48. The summed E-state index contributed by atoms with van der Waals surface area (Å²) in [4.78, 5) is 21.5. The van der Waals surface area contributed by atoms with Crippen LogP contribution in [0, 0.1) is 17.2 Å². The Morgan fingerprint density at radius 3 is 2.53 bits per heavy atom. The van der Waals surface area contributed by atoms with Crippen LogP contribution in [0.15, 0.2) is 41.1 Å². The first kappa shape index (κ1) is 25.1. The SMILES string of the molecule is N#CC1(NC(=O)[C@@H]2CCCC[C@H]2c2nc(-c3ccon3)sc2-c2ccc(N3CCS(=O)(=O)CC3)cc2)CC1. The molecule has 2 saturated carbocycles. The van der Waals surface area contributed by atoms with Crippen molar-refractivity contribution in [3.8, 4) is 27.2 Å². The average molecular weight is 552 g/mol. The molecular weight excluding hydrogens is 522 g/mol. The summed E-state index contributed by atoms with van der Waals surface area (Å²) in [6, 6.07) is 12.2. The van der Waals surface area contributed by atoms with Gasteiger partial charge in [-0.3, -0.25) is 4.79 Å². The summed E-state index contributed by atoms with van der Waals surface area (Å²) in [7, 11) is -2.95. The van der Waals surface area contributed by atoms with Gasteiger partial charge in [0, 0.05) is 36.7 Å². The predicted octanol–water partition coefficient (Wildman–Crippen LogP) is 4.15. The topological polar surface area (TPSA) is 129 Å². The molecule has 198 valence electrons. The van der Waals surface area contributed by atoms with Crippen molar-refractivity contribution in [1.29, 1.82) is 5.26 Å². The van der Waals surface area contributed by atoms with Gasteiger partial charge in [0.25, 0.3) is 0 Å². The van der Waals surface area contributed by atoms with Crippen molar-refractivity contribution >= 4 is 32.8 Å². The number of nitrogens with one attached hydrogen (secondary N) is 1. The molecule has 1 saturated heterocycles. The molecule has 1 N–H and O–H groups in total. The second-order valence-electron chi connectivity index (χ2n) is 10.5. The Labute approximate surface area is 225 Å². The monoisotopic (exact) mass is 551 g/mol. The Bertz CT molecular complexity index is 1460. The van der Waals surface area contributed by atoms with Gasteiger partial charge in [0.15, 0.2) is 9.84 Å². The number of thiazole rings is 1. The lowest BCUT2D eigenvalue weighted by Crippen LogP contribution is -2.42. The molecule has 6 rings (SSSR count). The van der Waals surface area contributed by atoms with Gasteiger partial charge in [-0.1, -0.05) is 30.1 Å². The number of hydrogen-bond acceptors (Lipinski definition) is 9. The van der Waals surface area contributed by atoms with E-state index < -0.39 is 15.4 Å². The van der Waals surface area contributed by atoms with Gasteiger partial charge in [0.1, 0.15) is 22.5 Å². The first-order valence-electron chi connectivity index (χ1n) is 13.1. The number of carbonyl (C=O) groups is 1. The molecule has 1 aromatic carbocycles. The quantitative estimate of drug-likeness (QED) is 0.484. The van der Waals surface area contributed by atoms with E-state index in [9.17, 15) is 18.5 Å². The average Bonchev–Trinajstić information content (AvgIpc) is 3.30. The number of amides is 1. The molecule has 0 bridgehead atoms. The van der Waals surface area contributed by atoms with E-state index in [0.29, 0.717) is 31.6 Å². The molecule has 1 aliphatic heterocycles. The summed E-state index contributed by atoms with van der Waals surface area (Å²) < 4.78 is 28.7. The molecule has 3 aromatic rings. The molecule has 2 aliphatic carbocycles. The lowest BCUT2D eigenvalue weighted by Gasteiger charge is -2.31. The number of nitrogens with zero attached hydrogens (tertiary/aromatic N) is 4. The van der Waals surface area contributed by atoms with E-state index >= 15 is 0 Å². The fraction of sp³-hybridized carbons (Fsp3) is 0.481. The second kappa shape index (κ2) is 9.82. The van der Waals surface area contributed by atoms with Gasteiger partial charge >= 0.3 is 0 Å². The molecule has 38 heavy (non-hydrogen) atoms. The molecule has 2 aromatic heterocycles. The highest BCUT2D eigenvalue weighted by molar-refractivity contribution is 7.91. The van der Waals surface area contributed by atoms with Gasteiger partial charge in [-0.15, -0.1) is 11.3 Å². The third-order valence-electron chi connectivity index (χ3n) is 7.93. The van der Waals surface area contributed by atoms with Crippen molar-refractivity contribution in [3.63, 3.8) is 0 Å². The minimum atomic E-state index is -2.95. The van der Waals surface area contributed by atoms with Gasteiger partial charge in [-0.2, -0.15) is 5.26 Å². The maximum absolute atomic E-state index is 13.4. The van der Waals surface area contributed by atoms with E-state index in [1.165, 1.54) is 17.6 Å². The van der Waals surface area contributed by atoms with Gasteiger partial charge in [-0.25, -0.2) is 13.4 Å². The maximum atomic E-state index is 13.4. The third kappa shape index (κ3) is 4.95. The standard InChI is InChI=1S/C27H29N5O4S2/c28-17-27(10-11-27)30-25(33)21-4-2-1-3-20(21)23-24(37-26(29-23)22-9-14-36-31-22)18-5-7-19(8-6-18)32-12-15-38(34,35)16-13-32/h5-9,14,20-21H,1-4,10-13,15-16H2,(H,30,33)/t20-,21-/m1/s1. The van der Waals surface area contributed by atoms with Crippen molar-refractivity contribution in [1.82, 2.24) is 15.5 Å². The van der Waals surface area contributed by atoms with Crippen molar-refractivity contribution in [2.75, 3.05) is 29.5 Å². The van der Waals surface area contributed by atoms with Crippen molar-refractivity contribution in [2.45, 2.75) is 50.0 Å². The van der Waals surface area contributed by atoms with Crippen molar-refractivity contribution < 1.29 is 17.7 Å². The predicted molar refractivity (Wildman–Crippen MR) is 144 cm³/mol. The number of sulfone groups is 1. The summed E-state index contributed by atoms with van der Waals surface area (Å²) in [5.74, 6) is -0.00147. The van der Waals surface area contributed by atoms with Crippen LogP contribution in [0.1, 0.15) is 50.1 Å². The highest BCUT2D eigenvalue weighted by Gasteiger charge is 2.47. The minimum Gasteiger partial charge on any atom is -0.369 e. The third-order valence-corrected chi connectivity index (χ3v) is 10.7. The van der Waals surface area contributed by atoms with Crippen LogP contribution < -0.4 is 10.2 Å². The Hall–Kier alpha value is -3.23. The van der Waals surface area contributed by atoms with Crippen LogP contribution in [0.25, 0.3) is 21.1 Å².